The second kappa shape index (κ2) is 5.32. The SMILES string of the molecule is CCCCC(N)c1ccc(Cl)cc1F. The molecule has 0 heterocycles. The van der Waals surface area contributed by atoms with Crippen LogP contribution in [0.25, 0.3) is 0 Å². The molecule has 1 rings (SSSR count). The maximum atomic E-state index is 13.4. The summed E-state index contributed by atoms with van der Waals surface area (Å²) in [5.41, 5.74) is 6.41. The molecule has 3 heteroatoms. The minimum Gasteiger partial charge on any atom is -0.324 e. The van der Waals surface area contributed by atoms with E-state index in [0.29, 0.717) is 10.6 Å². The lowest BCUT2D eigenvalue weighted by Gasteiger charge is -2.12. The molecule has 1 unspecified atom stereocenters. The summed E-state index contributed by atoms with van der Waals surface area (Å²) in [5, 5.41) is 0.411. The largest absolute Gasteiger partial charge is 0.324 e. The number of rotatable bonds is 4. The second-order valence-electron chi connectivity index (χ2n) is 3.41. The third kappa shape index (κ3) is 2.96. The van der Waals surface area contributed by atoms with E-state index in [0.717, 1.165) is 19.3 Å². The van der Waals surface area contributed by atoms with Gasteiger partial charge in [0.05, 0.1) is 0 Å². The molecule has 1 atom stereocenters. The molecule has 0 spiro atoms. The van der Waals surface area contributed by atoms with Gasteiger partial charge in [-0.05, 0) is 18.6 Å². The van der Waals surface area contributed by atoms with Crippen LogP contribution in [-0.4, -0.2) is 0 Å². The van der Waals surface area contributed by atoms with Gasteiger partial charge in [-0.25, -0.2) is 4.39 Å². The number of hydrogen-bond acceptors (Lipinski definition) is 1. The van der Waals surface area contributed by atoms with Gasteiger partial charge < -0.3 is 5.73 Å². The monoisotopic (exact) mass is 215 g/mol. The molecule has 0 radical (unpaired) electrons. The number of hydrogen-bond donors (Lipinski definition) is 1. The summed E-state index contributed by atoms with van der Waals surface area (Å²) in [4.78, 5) is 0. The summed E-state index contributed by atoms with van der Waals surface area (Å²) in [6.07, 6.45) is 2.90. The van der Waals surface area contributed by atoms with Crippen molar-refractivity contribution in [3.05, 3.63) is 34.6 Å². The van der Waals surface area contributed by atoms with Gasteiger partial charge in [0.15, 0.2) is 0 Å². The first-order valence-electron chi connectivity index (χ1n) is 4.85. The Bertz CT molecular complexity index is 301. The van der Waals surface area contributed by atoms with Crippen LogP contribution >= 0.6 is 11.6 Å². The van der Waals surface area contributed by atoms with Crippen LogP contribution in [0.4, 0.5) is 4.39 Å². The predicted octanol–water partition coefficient (Wildman–Crippen LogP) is 3.67. The smallest absolute Gasteiger partial charge is 0.129 e. The Kier molecular flexibility index (Phi) is 4.36. The van der Waals surface area contributed by atoms with Crippen LogP contribution in [0.3, 0.4) is 0 Å². The van der Waals surface area contributed by atoms with E-state index in [1.54, 1.807) is 12.1 Å². The average Bonchev–Trinajstić information content (AvgIpc) is 2.14. The highest BCUT2D eigenvalue weighted by molar-refractivity contribution is 6.30. The third-order valence-electron chi connectivity index (χ3n) is 2.23. The average molecular weight is 216 g/mol. The van der Waals surface area contributed by atoms with Gasteiger partial charge >= 0.3 is 0 Å². The fraction of sp³-hybridized carbons (Fsp3) is 0.455. The lowest BCUT2D eigenvalue weighted by Crippen LogP contribution is -2.11. The third-order valence-corrected chi connectivity index (χ3v) is 2.47. The van der Waals surface area contributed by atoms with Crippen LogP contribution in [-0.2, 0) is 0 Å². The molecule has 78 valence electrons. The maximum Gasteiger partial charge on any atom is 0.129 e. The topological polar surface area (TPSA) is 26.0 Å². The van der Waals surface area contributed by atoms with Crippen LogP contribution in [0, 0.1) is 5.82 Å². The normalized spacial score (nSPS) is 12.9. The highest BCUT2D eigenvalue weighted by atomic mass is 35.5. The van der Waals surface area contributed by atoms with Crippen molar-refractivity contribution in [3.63, 3.8) is 0 Å². The van der Waals surface area contributed by atoms with Gasteiger partial charge in [-0.1, -0.05) is 37.4 Å². The molecule has 0 fully saturated rings. The maximum absolute atomic E-state index is 13.4. The fourth-order valence-electron chi connectivity index (χ4n) is 1.38. The Morgan fingerprint density at radius 2 is 2.21 bits per heavy atom. The van der Waals surface area contributed by atoms with E-state index in [4.69, 9.17) is 17.3 Å². The van der Waals surface area contributed by atoms with E-state index in [1.807, 2.05) is 0 Å². The standard InChI is InChI=1S/C11H15ClFN/c1-2-3-4-11(14)9-6-5-8(12)7-10(9)13/h5-7,11H,2-4,14H2,1H3. The number of unbranched alkanes of at least 4 members (excludes halogenated alkanes) is 1. The number of benzene rings is 1. The molecule has 1 aromatic carbocycles. The Morgan fingerprint density at radius 1 is 1.50 bits per heavy atom. The van der Waals surface area contributed by atoms with E-state index >= 15 is 0 Å². The van der Waals surface area contributed by atoms with Gasteiger partial charge in [0.1, 0.15) is 5.82 Å². The van der Waals surface area contributed by atoms with Crippen LogP contribution in [0.5, 0.6) is 0 Å². The molecular formula is C11H15ClFN. The fourth-order valence-corrected chi connectivity index (χ4v) is 1.54. The van der Waals surface area contributed by atoms with E-state index in [1.165, 1.54) is 6.07 Å². The Hall–Kier alpha value is -0.600. The molecule has 2 N–H and O–H groups in total. The van der Waals surface area contributed by atoms with Crippen molar-refractivity contribution in [2.45, 2.75) is 32.2 Å². The molecule has 0 aromatic heterocycles. The molecule has 1 nitrogen and oxygen atoms in total. The van der Waals surface area contributed by atoms with Crippen molar-refractivity contribution in [1.29, 1.82) is 0 Å². The van der Waals surface area contributed by atoms with Crippen molar-refractivity contribution in [3.8, 4) is 0 Å². The molecule has 0 aliphatic rings. The van der Waals surface area contributed by atoms with Crippen molar-refractivity contribution in [2.24, 2.45) is 5.73 Å². The zero-order valence-corrected chi connectivity index (χ0v) is 9.02. The quantitative estimate of drug-likeness (QED) is 0.815. The van der Waals surface area contributed by atoms with Crippen molar-refractivity contribution >= 4 is 11.6 Å². The number of halogens is 2. The summed E-state index contributed by atoms with van der Waals surface area (Å²) in [6, 6.07) is 4.43. The van der Waals surface area contributed by atoms with Crippen LogP contribution in [0.1, 0.15) is 37.8 Å². The molecular weight excluding hydrogens is 201 g/mol. The van der Waals surface area contributed by atoms with E-state index in [9.17, 15) is 4.39 Å². The summed E-state index contributed by atoms with van der Waals surface area (Å²) >= 11 is 5.65. The molecule has 0 aliphatic heterocycles. The molecule has 0 bridgehead atoms. The summed E-state index contributed by atoms with van der Waals surface area (Å²) in [7, 11) is 0. The zero-order chi connectivity index (χ0) is 10.6. The Labute approximate surface area is 89.1 Å². The first-order valence-corrected chi connectivity index (χ1v) is 5.23. The minimum atomic E-state index is -0.305. The predicted molar refractivity (Wildman–Crippen MR) is 57.9 cm³/mol. The van der Waals surface area contributed by atoms with E-state index < -0.39 is 0 Å². The minimum absolute atomic E-state index is 0.216. The van der Waals surface area contributed by atoms with Crippen LogP contribution in [0.15, 0.2) is 18.2 Å². The lowest BCUT2D eigenvalue weighted by molar-refractivity contribution is 0.548. The molecule has 14 heavy (non-hydrogen) atoms. The lowest BCUT2D eigenvalue weighted by atomic mass is 10.0. The van der Waals surface area contributed by atoms with Gasteiger partial charge in [0.25, 0.3) is 0 Å². The molecule has 0 saturated carbocycles. The molecule has 0 aliphatic carbocycles. The second-order valence-corrected chi connectivity index (χ2v) is 3.85. The Morgan fingerprint density at radius 3 is 2.79 bits per heavy atom. The van der Waals surface area contributed by atoms with Gasteiger partial charge in [0.2, 0.25) is 0 Å². The number of nitrogens with two attached hydrogens (primary N) is 1. The molecule has 1 aromatic rings. The molecule has 0 saturated heterocycles. The van der Waals surface area contributed by atoms with Gasteiger partial charge in [-0.15, -0.1) is 0 Å². The Balaban J connectivity index is 2.74. The summed E-state index contributed by atoms with van der Waals surface area (Å²) < 4.78 is 13.4. The molecule has 0 amide bonds. The van der Waals surface area contributed by atoms with E-state index in [2.05, 4.69) is 6.92 Å². The summed E-state index contributed by atoms with van der Waals surface area (Å²) in [6.45, 7) is 2.09. The van der Waals surface area contributed by atoms with Crippen LogP contribution in [0.2, 0.25) is 5.02 Å². The highest BCUT2D eigenvalue weighted by Gasteiger charge is 2.10. The van der Waals surface area contributed by atoms with E-state index in [-0.39, 0.29) is 11.9 Å². The highest BCUT2D eigenvalue weighted by Crippen LogP contribution is 2.22. The van der Waals surface area contributed by atoms with Crippen molar-refractivity contribution in [1.82, 2.24) is 0 Å². The zero-order valence-electron chi connectivity index (χ0n) is 8.26. The van der Waals surface area contributed by atoms with Gasteiger partial charge in [0, 0.05) is 16.6 Å². The van der Waals surface area contributed by atoms with Gasteiger partial charge in [-0.3, -0.25) is 0 Å². The van der Waals surface area contributed by atoms with Crippen molar-refractivity contribution < 1.29 is 4.39 Å². The first kappa shape index (κ1) is 11.5. The first-order chi connectivity index (χ1) is 6.65. The summed E-state index contributed by atoms with van der Waals surface area (Å²) in [5.74, 6) is -0.305. The van der Waals surface area contributed by atoms with Crippen molar-refractivity contribution in [2.75, 3.05) is 0 Å². The van der Waals surface area contributed by atoms with Crippen LogP contribution < -0.4 is 5.73 Å². The van der Waals surface area contributed by atoms with Gasteiger partial charge in [-0.2, -0.15) is 0 Å².